The molecule has 5 aromatic heterocycles. The number of benzene rings is 7. The normalized spacial score (nSPS) is 23.6. The molecule has 3 saturated carbocycles. The molecule has 8 aliphatic rings. The van der Waals surface area contributed by atoms with Gasteiger partial charge >= 0.3 is 11.0 Å². The number of carbonyl (C=O) groups is 5. The summed E-state index contributed by atoms with van der Waals surface area (Å²) in [5.41, 5.74) is 33.6. The van der Waals surface area contributed by atoms with Gasteiger partial charge in [0, 0.05) is 87.1 Å². The topological polar surface area (TPSA) is 398 Å². The van der Waals surface area contributed by atoms with E-state index in [4.69, 9.17) is 55.2 Å². The minimum atomic E-state index is -4.40. The van der Waals surface area contributed by atoms with Crippen molar-refractivity contribution in [2.45, 2.75) is 185 Å². The van der Waals surface area contributed by atoms with Crippen LogP contribution in [0, 0.1) is 68.0 Å². The van der Waals surface area contributed by atoms with Crippen LogP contribution >= 0.6 is 69.1 Å². The number of alkyl halides is 6. The molecule has 3 fully saturated rings. The number of nitrogens with two attached hydrogens (primary N) is 5. The van der Waals surface area contributed by atoms with Crippen LogP contribution in [0.3, 0.4) is 0 Å². The molecule has 0 spiro atoms. The first-order chi connectivity index (χ1) is 69.0. The van der Waals surface area contributed by atoms with Gasteiger partial charge < -0.3 is 28.7 Å². The van der Waals surface area contributed by atoms with Gasteiger partial charge in [0.15, 0.2) is 29.8 Å². The third kappa shape index (κ3) is 21.2. The highest BCUT2D eigenvalue weighted by atomic mass is 35.5. The Bertz CT molecular complexity index is 6920. The van der Waals surface area contributed by atoms with Gasteiger partial charge in [-0.3, -0.25) is 58.7 Å². The van der Waals surface area contributed by atoms with Crippen molar-refractivity contribution in [3.05, 3.63) is 303 Å². The Morgan fingerprint density at radius 2 is 0.740 bits per heavy atom. The molecule has 0 radical (unpaired) electrons. The van der Waals surface area contributed by atoms with Crippen LogP contribution in [-0.2, 0) is 51.7 Å². The molecule has 0 unspecified atom stereocenters. The van der Waals surface area contributed by atoms with Crippen LogP contribution in [0.2, 0.25) is 5.02 Å². The van der Waals surface area contributed by atoms with Crippen molar-refractivity contribution < 1.29 is 54.7 Å². The fourth-order valence-electron chi connectivity index (χ4n) is 20.1. The Morgan fingerprint density at radius 3 is 1.07 bits per heavy atom. The Kier molecular flexibility index (Phi) is 29.4. The smallest absolute Gasteiger partial charge is 0.369 e. The van der Waals surface area contributed by atoms with Crippen LogP contribution in [0.15, 0.2) is 234 Å². The summed E-state index contributed by atoms with van der Waals surface area (Å²) < 4.78 is 89.9. The number of thioether (sulfide) groups is 2. The number of halogens is 8. The van der Waals surface area contributed by atoms with Gasteiger partial charge in [-0.2, -0.15) is 47.1 Å². The van der Waals surface area contributed by atoms with Crippen LogP contribution in [0.5, 0.6) is 0 Å². The van der Waals surface area contributed by atoms with Crippen molar-refractivity contribution >= 4 is 128 Å². The lowest BCUT2D eigenvalue weighted by Gasteiger charge is -2.41. The van der Waals surface area contributed by atoms with E-state index in [1.165, 1.54) is 153 Å². The molecule has 12 N–H and O–H groups in total. The van der Waals surface area contributed by atoms with E-state index in [0.29, 0.717) is 40.0 Å². The first-order valence-electron chi connectivity index (χ1n) is 46.8. The van der Waals surface area contributed by atoms with Gasteiger partial charge in [-0.25, -0.2) is 29.4 Å². The summed E-state index contributed by atoms with van der Waals surface area (Å²) >= 11 is 9.87. The van der Waals surface area contributed by atoms with Crippen LogP contribution in [-0.4, -0.2) is 150 Å². The number of nitriles is 2. The van der Waals surface area contributed by atoms with Gasteiger partial charge in [0.2, 0.25) is 29.5 Å². The molecule has 10 heterocycles. The van der Waals surface area contributed by atoms with Crippen molar-refractivity contribution in [1.29, 1.82) is 10.5 Å². The molecular formula is C107H107ClF7N21O5S5. The number of aromatic amines is 2. The zero-order valence-corrected chi connectivity index (χ0v) is 87.0. The average Bonchev–Trinajstić information content (AvgIpc) is 1.39. The van der Waals surface area contributed by atoms with Gasteiger partial charge in [0.1, 0.15) is 33.5 Å². The summed E-state index contributed by atoms with van der Waals surface area (Å²) in [4.78, 5) is 100. The van der Waals surface area contributed by atoms with Gasteiger partial charge in [-0.05, 0) is 299 Å². The van der Waals surface area contributed by atoms with Gasteiger partial charge in [0.05, 0.1) is 69.3 Å². The fourth-order valence-corrected chi connectivity index (χ4v) is 24.6. The molecule has 10 atom stereocenters. The first kappa shape index (κ1) is 105. The number of thiophene rings is 3. The predicted molar refractivity (Wildman–Crippen MR) is 559 cm³/mol. The molecule has 26 nitrogen and oxygen atoms in total. The van der Waals surface area contributed by atoms with Gasteiger partial charge in [0.25, 0.3) is 0 Å². The van der Waals surface area contributed by atoms with Crippen molar-refractivity contribution in [3.63, 3.8) is 0 Å². The van der Waals surface area contributed by atoms with E-state index in [1.807, 2.05) is 95.6 Å². The Morgan fingerprint density at radius 1 is 0.404 bits per heavy atom. The highest BCUT2D eigenvalue weighted by Gasteiger charge is 2.57. The summed E-state index contributed by atoms with van der Waals surface area (Å²) in [6.45, 7) is 17.3. The van der Waals surface area contributed by atoms with E-state index >= 15 is 0 Å². The number of hydrogen-bond donors (Lipinski definition) is 7. The van der Waals surface area contributed by atoms with E-state index in [0.717, 1.165) is 105 Å². The number of hydrogen-bond acceptors (Lipinski definition) is 24. The summed E-state index contributed by atoms with van der Waals surface area (Å²) in [5.74, 6) is -1.18. The number of amides is 5. The fraction of sp³-hybridized carbons (Fsp3) is 0.327. The summed E-state index contributed by atoms with van der Waals surface area (Å²) in [7, 11) is 8.09. The maximum atomic E-state index is 13.4. The highest BCUT2D eigenvalue weighted by Crippen LogP contribution is 2.56. The van der Waals surface area contributed by atoms with Crippen molar-refractivity contribution in [2.75, 3.05) is 35.2 Å². The van der Waals surface area contributed by atoms with Crippen molar-refractivity contribution in [2.24, 2.45) is 65.5 Å². The Labute approximate surface area is 865 Å². The zero-order chi connectivity index (χ0) is 105. The van der Waals surface area contributed by atoms with E-state index in [9.17, 15) is 65.2 Å². The molecule has 146 heavy (non-hydrogen) atoms. The number of H-pyrrole nitrogens is 2. The van der Waals surface area contributed by atoms with E-state index in [2.05, 4.69) is 91.0 Å². The molecule has 20 rings (SSSR count). The van der Waals surface area contributed by atoms with Crippen LogP contribution < -0.4 is 28.7 Å². The number of carbonyl (C=O) groups excluding carboxylic acids is 5. The van der Waals surface area contributed by atoms with Crippen molar-refractivity contribution in [3.8, 4) is 44.8 Å². The molecule has 3 aliphatic carbocycles. The third-order valence-electron chi connectivity index (χ3n) is 28.3. The molecule has 5 amide bonds. The minimum Gasteiger partial charge on any atom is -0.369 e. The number of likely N-dealkylation sites (N-methyl/N-ethyl adjacent to an activating group) is 4. The molecule has 5 aliphatic heterocycles. The second kappa shape index (κ2) is 40.9. The van der Waals surface area contributed by atoms with Gasteiger partial charge in [-0.1, -0.05) is 115 Å². The number of aromatic nitrogens is 4. The zero-order valence-electron chi connectivity index (χ0n) is 82.2. The SMILES string of the molecule is CN1C(=O)[C@@H](C2CC2)[C@@](C)(c2ccc(-c3ccc(F)c(Cl)c3)s2)N=C1N.CN1C(=O)[C@@H](c2ccc(SC(F)(F)F)cc2)[C@@](C)(c2cc(-c3cccc(C#N)c3)cs2)N=C1N.CN1C(=O)[C@H](c2ccc(SC(F)(F)F)cc2)[C@@](C)(c2cc(-c3cccc(C#N)c3)cs2)N=C1N.Cc1n[nH]c(C)c1[C@@]1(C)N=C(N)N(C)C(=O)[C@@H]1c1ccc(C2CC2)cc1.Cc1n[nH]c(C)c1[C@@]1(C)N=C(N)N(C)C(=O)[C@H]1c1ccc(C2CC2)cc1. The average molecular weight is 2100 g/mol. The van der Waals surface area contributed by atoms with E-state index in [1.54, 1.807) is 94.9 Å². The Hall–Kier alpha value is -13.8. The predicted octanol–water partition coefficient (Wildman–Crippen LogP) is 21.0. The Balaban J connectivity index is 0.000000131. The lowest BCUT2D eigenvalue weighted by Crippen LogP contribution is -2.54. The number of aryl methyl sites for hydroxylation is 4. The summed E-state index contributed by atoms with van der Waals surface area (Å²) in [6.07, 6.45) is 7.13. The third-order valence-corrected chi connectivity index (χ3v) is 33.7. The summed E-state index contributed by atoms with van der Waals surface area (Å²) in [6, 6.07) is 59.5. The maximum absolute atomic E-state index is 13.4. The number of nitrogens with zero attached hydrogens (tertiary/aromatic N) is 14. The van der Waals surface area contributed by atoms with E-state index in [-0.39, 0.29) is 104 Å². The van der Waals surface area contributed by atoms with Gasteiger partial charge in [-0.15, -0.1) is 34.0 Å². The second-order valence-corrected chi connectivity index (χ2v) is 44.0. The van der Waals surface area contributed by atoms with Crippen molar-refractivity contribution in [1.82, 2.24) is 44.9 Å². The summed E-state index contributed by atoms with van der Waals surface area (Å²) in [5, 5.41) is 37.0. The minimum absolute atomic E-state index is 0.0299. The monoisotopic (exact) mass is 2090 g/mol. The molecule has 7 aromatic carbocycles. The van der Waals surface area contributed by atoms with Crippen LogP contribution in [0.4, 0.5) is 30.7 Å². The highest BCUT2D eigenvalue weighted by molar-refractivity contribution is 8.00. The van der Waals surface area contributed by atoms with Crippen LogP contribution in [0.25, 0.3) is 32.7 Å². The number of guanidine groups is 5. The second-order valence-electron chi connectivity index (χ2n) is 38.4. The number of nitrogens with one attached hydrogen (secondary N) is 2. The lowest BCUT2D eigenvalue weighted by atomic mass is 9.73. The maximum Gasteiger partial charge on any atom is 0.446 e. The molecule has 39 heteroatoms. The molecular weight excluding hydrogens is 1990 g/mol. The quantitative estimate of drug-likeness (QED) is 0.0329. The number of rotatable bonds is 17. The lowest BCUT2D eigenvalue weighted by molar-refractivity contribution is -0.135. The number of aliphatic imine (C=N–C) groups is 5. The standard InChI is InChI=1S/2C24H19F3N4OS2.2C20H25N5O.C19H19ClFN3OS/c2*1-23(19-11-17(13-33-19)16-5-3-4-14(10-16)12-28)20(21(32)31(2)22(29)30-23)15-6-8-18(9-7-15)34-24(25,26)27;2*1-11-16(12(2)24-23-11)20(3)17(18(26)25(4)19(21)22-20)15-9-7-14(8-10-15)13-5-6-13;1-19(16(10-3-4-10)17(25)24(2)18(22)23-19)15-8-7-14(26-15)11-5-6-13(21)12(20)9-11/h2*3-11,13,20H,1-2H3,(H2,29,30);2*7-10,13,17H,5-6H2,1-4H3,(H2,21,22)(H,23,24);5-10,16H,3-4H2,1-2H3,(H2,22,23)/t20-,23+;20-,23-;17-,20+;17-,20-;16-,19-/m01011/s1. The molecule has 12 aromatic rings. The molecule has 756 valence electrons. The molecule has 0 bridgehead atoms. The van der Waals surface area contributed by atoms with Crippen LogP contribution in [0.1, 0.15) is 202 Å². The van der Waals surface area contributed by atoms with E-state index < -0.39 is 68.2 Å². The largest absolute Gasteiger partial charge is 0.446 e. The first-order valence-corrected chi connectivity index (χ1v) is 51.4. The molecule has 0 saturated heterocycles.